The van der Waals surface area contributed by atoms with E-state index in [4.69, 9.17) is 5.14 Å². The van der Waals surface area contributed by atoms with Crippen LogP contribution < -0.4 is 10.5 Å². The van der Waals surface area contributed by atoms with Gasteiger partial charge in [-0.25, -0.2) is 28.5 Å². The summed E-state index contributed by atoms with van der Waals surface area (Å²) in [5, 5.41) is 8.63. The van der Waals surface area contributed by atoms with Gasteiger partial charge in [0.2, 0.25) is 16.0 Å². The Hall–Kier alpha value is -2.89. The summed E-state index contributed by atoms with van der Waals surface area (Å²) in [5.74, 6) is 0.176. The number of rotatable bonds is 4. The van der Waals surface area contributed by atoms with E-state index in [9.17, 15) is 13.2 Å². The van der Waals surface area contributed by atoms with Crippen molar-refractivity contribution < 1.29 is 13.2 Å². The lowest BCUT2D eigenvalue weighted by Crippen LogP contribution is -2.21. The third kappa shape index (κ3) is 3.84. The first-order chi connectivity index (χ1) is 13.7. The molecule has 0 radical (unpaired) electrons. The fourth-order valence-electron chi connectivity index (χ4n) is 2.97. The maximum absolute atomic E-state index is 12.3. The van der Waals surface area contributed by atoms with Crippen LogP contribution in [0.1, 0.15) is 21.1 Å². The summed E-state index contributed by atoms with van der Waals surface area (Å²) < 4.78 is 23.1. The summed E-state index contributed by atoms with van der Waals surface area (Å²) in [7, 11) is -0.426. The summed E-state index contributed by atoms with van der Waals surface area (Å²) in [4.78, 5) is 28.0. The number of primary sulfonamides is 1. The van der Waals surface area contributed by atoms with E-state index in [-0.39, 0.29) is 10.8 Å². The fraction of sp³-hybridized carbons (Fsp3) is 0.222. The average molecular weight is 431 g/mol. The van der Waals surface area contributed by atoms with E-state index < -0.39 is 10.0 Å². The molecule has 0 fully saturated rings. The van der Waals surface area contributed by atoms with Crippen LogP contribution in [0, 0.1) is 0 Å². The SMILES string of the molecule is CN(C)C(=O)c1nc2c(s1)-c1nc(Nc3cccc(S(N)(=O)=O)c3)ncc1CC2. The quantitative estimate of drug-likeness (QED) is 0.645. The minimum absolute atomic E-state index is 0.00274. The molecule has 0 saturated carbocycles. The van der Waals surface area contributed by atoms with Crippen LogP contribution in [0.3, 0.4) is 0 Å². The molecule has 1 aromatic carbocycles. The average Bonchev–Trinajstić information content (AvgIpc) is 3.11. The molecule has 9 nitrogen and oxygen atoms in total. The van der Waals surface area contributed by atoms with Crippen LogP contribution in [0.4, 0.5) is 11.6 Å². The lowest BCUT2D eigenvalue weighted by atomic mass is 10.00. The van der Waals surface area contributed by atoms with E-state index in [1.807, 2.05) is 0 Å². The number of aryl methyl sites for hydroxylation is 2. The number of nitrogens with zero attached hydrogens (tertiary/aromatic N) is 4. The normalized spacial score (nSPS) is 12.8. The van der Waals surface area contributed by atoms with Crippen LogP contribution in [0.5, 0.6) is 0 Å². The largest absolute Gasteiger partial charge is 0.343 e. The molecular formula is C18H18N6O3S2. The number of thiazole rings is 1. The number of carbonyl (C=O) groups is 1. The van der Waals surface area contributed by atoms with Crippen molar-refractivity contribution >= 4 is 38.9 Å². The molecule has 150 valence electrons. The number of amides is 1. The molecule has 0 unspecified atom stereocenters. The minimum atomic E-state index is -3.81. The molecule has 0 bridgehead atoms. The standard InChI is InChI=1S/C18H18N6O3S2/c1-24(2)17(25)16-22-13-7-6-10-9-20-18(23-14(10)15(13)28-16)21-11-4-3-5-12(8-11)29(19,26)27/h3-5,8-9H,6-7H2,1-2H3,(H2,19,26,27)(H,20,21,23). The van der Waals surface area contributed by atoms with Crippen LogP contribution in [-0.4, -0.2) is 48.3 Å². The monoisotopic (exact) mass is 430 g/mol. The number of hydrogen-bond acceptors (Lipinski definition) is 8. The molecular weight excluding hydrogens is 412 g/mol. The number of fused-ring (bicyclic) bond motifs is 3. The predicted octanol–water partition coefficient (Wildman–Crippen LogP) is 1.79. The van der Waals surface area contributed by atoms with Crippen molar-refractivity contribution in [3.05, 3.63) is 46.7 Å². The molecule has 0 aliphatic heterocycles. The summed E-state index contributed by atoms with van der Waals surface area (Å²) in [6.07, 6.45) is 3.21. The van der Waals surface area contributed by atoms with Crippen molar-refractivity contribution in [1.82, 2.24) is 19.9 Å². The highest BCUT2D eigenvalue weighted by Gasteiger charge is 2.25. The Morgan fingerprint density at radius 1 is 1.24 bits per heavy atom. The highest BCUT2D eigenvalue weighted by molar-refractivity contribution is 7.89. The van der Waals surface area contributed by atoms with Gasteiger partial charge in [0.25, 0.3) is 5.91 Å². The zero-order valence-electron chi connectivity index (χ0n) is 15.7. The zero-order valence-corrected chi connectivity index (χ0v) is 17.3. The molecule has 3 aromatic rings. The van der Waals surface area contributed by atoms with Crippen LogP contribution in [0.15, 0.2) is 35.4 Å². The van der Waals surface area contributed by atoms with Crippen molar-refractivity contribution in [1.29, 1.82) is 0 Å². The van der Waals surface area contributed by atoms with Gasteiger partial charge in [0.05, 0.1) is 21.2 Å². The molecule has 4 rings (SSSR count). The van der Waals surface area contributed by atoms with Crippen molar-refractivity contribution in [3.8, 4) is 10.6 Å². The number of aromatic nitrogens is 3. The Balaban J connectivity index is 1.68. The van der Waals surface area contributed by atoms with Crippen molar-refractivity contribution in [2.24, 2.45) is 5.14 Å². The topological polar surface area (TPSA) is 131 Å². The molecule has 0 atom stereocenters. The Morgan fingerprint density at radius 2 is 2.03 bits per heavy atom. The van der Waals surface area contributed by atoms with E-state index in [1.165, 1.54) is 28.4 Å². The van der Waals surface area contributed by atoms with Gasteiger partial charge in [0, 0.05) is 26.0 Å². The van der Waals surface area contributed by atoms with Crippen LogP contribution in [0.2, 0.25) is 0 Å². The number of sulfonamides is 1. The van der Waals surface area contributed by atoms with Crippen molar-refractivity contribution in [3.63, 3.8) is 0 Å². The van der Waals surface area contributed by atoms with E-state index in [0.29, 0.717) is 16.6 Å². The molecule has 3 N–H and O–H groups in total. The van der Waals surface area contributed by atoms with E-state index in [0.717, 1.165) is 34.7 Å². The molecule has 1 aliphatic rings. The van der Waals surface area contributed by atoms with Crippen LogP contribution in [-0.2, 0) is 22.9 Å². The van der Waals surface area contributed by atoms with Crippen LogP contribution >= 0.6 is 11.3 Å². The molecule has 11 heteroatoms. The summed E-state index contributed by atoms with van der Waals surface area (Å²) >= 11 is 1.32. The number of carbonyl (C=O) groups excluding carboxylic acids is 1. The Bertz CT molecular complexity index is 1220. The Labute approximate surface area is 171 Å². The zero-order chi connectivity index (χ0) is 20.8. The second-order valence-corrected chi connectivity index (χ2v) is 9.32. The molecule has 29 heavy (non-hydrogen) atoms. The summed E-state index contributed by atoms with van der Waals surface area (Å²) in [5.41, 5.74) is 3.07. The van der Waals surface area contributed by atoms with Gasteiger partial charge in [-0.1, -0.05) is 6.07 Å². The van der Waals surface area contributed by atoms with Gasteiger partial charge in [0.1, 0.15) is 0 Å². The van der Waals surface area contributed by atoms with Gasteiger partial charge in [0.15, 0.2) is 5.01 Å². The van der Waals surface area contributed by atoms with Gasteiger partial charge in [-0.3, -0.25) is 4.79 Å². The number of hydrogen-bond donors (Lipinski definition) is 2. The Morgan fingerprint density at radius 3 is 2.76 bits per heavy atom. The number of benzene rings is 1. The smallest absolute Gasteiger partial charge is 0.282 e. The first-order valence-electron chi connectivity index (χ1n) is 8.70. The van der Waals surface area contributed by atoms with Crippen molar-refractivity contribution in [2.75, 3.05) is 19.4 Å². The highest BCUT2D eigenvalue weighted by atomic mass is 32.2. The van der Waals surface area contributed by atoms with Gasteiger partial charge in [-0.15, -0.1) is 11.3 Å². The molecule has 1 amide bonds. The van der Waals surface area contributed by atoms with Crippen LogP contribution in [0.25, 0.3) is 10.6 Å². The van der Waals surface area contributed by atoms with Gasteiger partial charge in [-0.05, 0) is 36.6 Å². The van der Waals surface area contributed by atoms with Crippen molar-refractivity contribution in [2.45, 2.75) is 17.7 Å². The van der Waals surface area contributed by atoms with E-state index in [2.05, 4.69) is 20.3 Å². The lowest BCUT2D eigenvalue weighted by Gasteiger charge is -2.15. The molecule has 2 heterocycles. The maximum atomic E-state index is 12.3. The predicted molar refractivity (Wildman–Crippen MR) is 110 cm³/mol. The number of nitrogens with two attached hydrogens (primary N) is 1. The molecule has 2 aromatic heterocycles. The van der Waals surface area contributed by atoms with Gasteiger partial charge < -0.3 is 10.2 Å². The highest BCUT2D eigenvalue weighted by Crippen LogP contribution is 2.37. The second-order valence-electron chi connectivity index (χ2n) is 6.76. The van der Waals surface area contributed by atoms with Gasteiger partial charge >= 0.3 is 0 Å². The first-order valence-corrected chi connectivity index (χ1v) is 11.1. The summed E-state index contributed by atoms with van der Waals surface area (Å²) in [6.45, 7) is 0. The number of nitrogens with one attached hydrogen (secondary N) is 1. The molecule has 1 aliphatic carbocycles. The van der Waals surface area contributed by atoms with Gasteiger partial charge in [-0.2, -0.15) is 0 Å². The molecule has 0 saturated heterocycles. The lowest BCUT2D eigenvalue weighted by molar-refractivity contribution is 0.0827. The first kappa shape index (κ1) is 19.4. The minimum Gasteiger partial charge on any atom is -0.343 e. The van der Waals surface area contributed by atoms with E-state index in [1.54, 1.807) is 32.4 Å². The number of anilines is 2. The Kier molecular flexibility index (Phi) is 4.81. The van der Waals surface area contributed by atoms with E-state index >= 15 is 0 Å². The summed E-state index contributed by atoms with van der Waals surface area (Å²) in [6, 6.07) is 6.12. The third-order valence-electron chi connectivity index (χ3n) is 4.42. The second kappa shape index (κ2) is 7.17. The maximum Gasteiger partial charge on any atom is 0.282 e. The fourth-order valence-corrected chi connectivity index (χ4v) is 4.69. The molecule has 0 spiro atoms. The third-order valence-corrected chi connectivity index (χ3v) is 6.42.